The molecular weight excluding hydrogens is 378 g/mol. The van der Waals surface area contributed by atoms with E-state index in [1.54, 1.807) is 25.1 Å². The maximum atomic E-state index is 12.8. The van der Waals surface area contributed by atoms with E-state index in [1.807, 2.05) is 0 Å². The summed E-state index contributed by atoms with van der Waals surface area (Å²) in [5.41, 5.74) is -0.272. The van der Waals surface area contributed by atoms with Gasteiger partial charge in [-0.15, -0.1) is 0 Å². The first-order chi connectivity index (χ1) is 11.6. The lowest BCUT2D eigenvalue weighted by Crippen LogP contribution is -2.30. The van der Waals surface area contributed by atoms with Crippen molar-refractivity contribution in [2.75, 3.05) is 5.32 Å². The second kappa shape index (κ2) is 7.54. The molecule has 0 saturated carbocycles. The summed E-state index contributed by atoms with van der Waals surface area (Å²) in [7, 11) is 0. The quantitative estimate of drug-likeness (QED) is 0.722. The number of hydrogen-bond acceptors (Lipinski definition) is 2. The summed E-state index contributed by atoms with van der Waals surface area (Å²) < 4.78 is 43.8. The van der Waals surface area contributed by atoms with Crippen molar-refractivity contribution >= 4 is 34.8 Å². The van der Waals surface area contributed by atoms with E-state index in [4.69, 9.17) is 27.9 Å². The molecule has 0 bridgehead atoms. The summed E-state index contributed by atoms with van der Waals surface area (Å²) in [6.07, 6.45) is -5.49. The third kappa shape index (κ3) is 5.03. The predicted molar refractivity (Wildman–Crippen MR) is 91.4 cm³/mol. The Morgan fingerprint density at radius 3 is 2.36 bits per heavy atom. The minimum atomic E-state index is -4.53. The molecule has 1 amide bonds. The molecular formula is C17H14Cl2F3NO2. The van der Waals surface area contributed by atoms with Crippen LogP contribution in [0, 0.1) is 6.92 Å². The van der Waals surface area contributed by atoms with E-state index < -0.39 is 23.8 Å². The van der Waals surface area contributed by atoms with Crippen molar-refractivity contribution < 1.29 is 22.7 Å². The zero-order valence-electron chi connectivity index (χ0n) is 13.2. The number of benzene rings is 2. The van der Waals surface area contributed by atoms with E-state index in [2.05, 4.69) is 5.32 Å². The fraction of sp³-hybridized carbons (Fsp3) is 0.235. The summed E-state index contributed by atoms with van der Waals surface area (Å²) in [6, 6.07) is 7.57. The molecule has 1 unspecified atom stereocenters. The number of alkyl halides is 3. The van der Waals surface area contributed by atoms with Gasteiger partial charge >= 0.3 is 6.18 Å². The predicted octanol–water partition coefficient (Wildman–Crippen LogP) is 5.73. The van der Waals surface area contributed by atoms with Crippen molar-refractivity contribution in [3.05, 3.63) is 57.6 Å². The second-order valence-corrected chi connectivity index (χ2v) is 6.17. The third-order valence-corrected chi connectivity index (χ3v) is 4.12. The monoisotopic (exact) mass is 391 g/mol. The van der Waals surface area contributed by atoms with Crippen molar-refractivity contribution in [2.45, 2.75) is 26.1 Å². The van der Waals surface area contributed by atoms with Gasteiger partial charge in [-0.3, -0.25) is 4.79 Å². The average Bonchev–Trinajstić information content (AvgIpc) is 2.51. The van der Waals surface area contributed by atoms with Gasteiger partial charge in [-0.05, 0) is 55.8 Å². The largest absolute Gasteiger partial charge is 0.481 e. The molecule has 0 radical (unpaired) electrons. The molecule has 0 aliphatic rings. The van der Waals surface area contributed by atoms with Crippen LogP contribution in [0.3, 0.4) is 0 Å². The maximum Gasteiger partial charge on any atom is 0.416 e. The summed E-state index contributed by atoms with van der Waals surface area (Å²) in [5.74, 6) is -0.214. The Morgan fingerprint density at radius 1 is 1.12 bits per heavy atom. The van der Waals surface area contributed by atoms with Crippen LogP contribution < -0.4 is 10.1 Å². The summed E-state index contributed by atoms with van der Waals surface area (Å²) in [5, 5.41) is 2.90. The molecule has 0 aromatic heterocycles. The molecule has 8 heteroatoms. The zero-order valence-corrected chi connectivity index (χ0v) is 14.8. The number of nitrogens with one attached hydrogen (secondary N) is 1. The molecule has 2 aromatic rings. The van der Waals surface area contributed by atoms with Gasteiger partial charge < -0.3 is 10.1 Å². The van der Waals surface area contributed by atoms with Gasteiger partial charge in [-0.2, -0.15) is 13.2 Å². The summed E-state index contributed by atoms with van der Waals surface area (Å²) in [4.78, 5) is 12.2. The topological polar surface area (TPSA) is 38.3 Å². The van der Waals surface area contributed by atoms with Crippen LogP contribution in [0.2, 0.25) is 10.0 Å². The lowest BCUT2D eigenvalue weighted by atomic mass is 10.2. The van der Waals surface area contributed by atoms with Gasteiger partial charge in [-0.25, -0.2) is 0 Å². The van der Waals surface area contributed by atoms with E-state index in [1.165, 1.54) is 6.92 Å². The van der Waals surface area contributed by atoms with Crippen molar-refractivity contribution in [3.63, 3.8) is 0 Å². The van der Waals surface area contributed by atoms with Crippen LogP contribution in [0.4, 0.5) is 18.9 Å². The van der Waals surface area contributed by atoms with Crippen molar-refractivity contribution in [2.24, 2.45) is 0 Å². The van der Waals surface area contributed by atoms with Crippen molar-refractivity contribution in [3.8, 4) is 5.75 Å². The van der Waals surface area contributed by atoms with E-state index in [-0.39, 0.29) is 10.7 Å². The Kier molecular flexibility index (Phi) is 5.85. The molecule has 0 aliphatic heterocycles. The minimum Gasteiger partial charge on any atom is -0.481 e. The summed E-state index contributed by atoms with van der Waals surface area (Å²) >= 11 is 11.8. The van der Waals surface area contributed by atoms with E-state index in [0.717, 1.165) is 23.8 Å². The van der Waals surface area contributed by atoms with Crippen LogP contribution in [0.25, 0.3) is 0 Å². The number of rotatable bonds is 4. The number of carbonyl (C=O) groups is 1. The fourth-order valence-electron chi connectivity index (χ4n) is 1.98. The number of aryl methyl sites for hydroxylation is 1. The molecule has 0 fully saturated rings. The highest BCUT2D eigenvalue weighted by Crippen LogP contribution is 2.34. The SMILES string of the molecule is Cc1cc(OC(C)C(=O)Nc2cc(C(F)(F)F)ccc2Cl)ccc1Cl. The molecule has 0 saturated heterocycles. The van der Waals surface area contributed by atoms with E-state index in [0.29, 0.717) is 10.8 Å². The molecule has 25 heavy (non-hydrogen) atoms. The van der Waals surface area contributed by atoms with Gasteiger partial charge in [0.05, 0.1) is 16.3 Å². The average molecular weight is 392 g/mol. The molecule has 2 rings (SSSR count). The highest BCUT2D eigenvalue weighted by Gasteiger charge is 2.31. The lowest BCUT2D eigenvalue weighted by Gasteiger charge is -2.17. The van der Waals surface area contributed by atoms with Gasteiger partial charge in [0, 0.05) is 5.02 Å². The molecule has 0 heterocycles. The Morgan fingerprint density at radius 2 is 1.76 bits per heavy atom. The first-order valence-corrected chi connectivity index (χ1v) is 7.94. The zero-order chi connectivity index (χ0) is 18.8. The molecule has 3 nitrogen and oxygen atoms in total. The Hall–Kier alpha value is -1.92. The van der Waals surface area contributed by atoms with Crippen molar-refractivity contribution in [1.29, 1.82) is 0 Å². The fourth-order valence-corrected chi connectivity index (χ4v) is 2.26. The molecule has 0 aliphatic carbocycles. The number of hydrogen-bond donors (Lipinski definition) is 1. The van der Waals surface area contributed by atoms with E-state index in [9.17, 15) is 18.0 Å². The number of ether oxygens (including phenoxy) is 1. The maximum absolute atomic E-state index is 12.8. The van der Waals surface area contributed by atoms with Gasteiger partial charge in [0.1, 0.15) is 5.75 Å². The highest BCUT2D eigenvalue weighted by atomic mass is 35.5. The van der Waals surface area contributed by atoms with Gasteiger partial charge in [0.15, 0.2) is 6.10 Å². The molecule has 2 aromatic carbocycles. The number of amides is 1. The van der Waals surface area contributed by atoms with Gasteiger partial charge in [-0.1, -0.05) is 23.2 Å². The molecule has 134 valence electrons. The Bertz CT molecular complexity index is 794. The molecule has 0 spiro atoms. The smallest absolute Gasteiger partial charge is 0.416 e. The van der Waals surface area contributed by atoms with Crippen LogP contribution >= 0.6 is 23.2 Å². The van der Waals surface area contributed by atoms with Gasteiger partial charge in [0.25, 0.3) is 5.91 Å². The Labute approximate surface area is 152 Å². The number of carbonyl (C=O) groups excluding carboxylic acids is 1. The van der Waals surface area contributed by atoms with Crippen LogP contribution in [-0.4, -0.2) is 12.0 Å². The molecule has 1 atom stereocenters. The van der Waals surface area contributed by atoms with Crippen LogP contribution in [-0.2, 0) is 11.0 Å². The number of halogens is 5. The van der Waals surface area contributed by atoms with Crippen LogP contribution in [0.1, 0.15) is 18.1 Å². The van der Waals surface area contributed by atoms with Gasteiger partial charge in [0.2, 0.25) is 0 Å². The van der Waals surface area contributed by atoms with E-state index >= 15 is 0 Å². The lowest BCUT2D eigenvalue weighted by molar-refractivity contribution is -0.137. The standard InChI is InChI=1S/C17H14Cl2F3NO2/c1-9-7-12(4-6-13(9)18)25-10(2)16(24)23-15-8-11(17(20,21)22)3-5-14(15)19/h3-8,10H,1-2H3,(H,23,24). The van der Waals surface area contributed by atoms with Crippen LogP contribution in [0.5, 0.6) is 5.75 Å². The van der Waals surface area contributed by atoms with Crippen molar-refractivity contribution in [1.82, 2.24) is 0 Å². The second-order valence-electron chi connectivity index (χ2n) is 5.35. The first kappa shape index (κ1) is 19.4. The third-order valence-electron chi connectivity index (χ3n) is 3.36. The van der Waals surface area contributed by atoms with Crippen LogP contribution in [0.15, 0.2) is 36.4 Å². The normalized spacial score (nSPS) is 12.6. The summed E-state index contributed by atoms with van der Waals surface area (Å²) in [6.45, 7) is 3.25. The highest BCUT2D eigenvalue weighted by molar-refractivity contribution is 6.33. The minimum absolute atomic E-state index is 0.00381. The Balaban J connectivity index is 2.12. The number of anilines is 1. The first-order valence-electron chi connectivity index (χ1n) is 7.18. The molecule has 1 N–H and O–H groups in total.